The molecule has 218 valence electrons. The first-order valence-electron chi connectivity index (χ1n) is 14.8. The van der Waals surface area contributed by atoms with Crippen molar-refractivity contribution in [3.05, 3.63) is 125 Å². The smallest absolute Gasteiger partial charge is 0.315 e. The van der Waals surface area contributed by atoms with Crippen LogP contribution in [0.1, 0.15) is 54.5 Å². The Morgan fingerprint density at radius 3 is 2.24 bits per heavy atom. The van der Waals surface area contributed by atoms with E-state index in [0.717, 1.165) is 66.0 Å². The Kier molecular flexibility index (Phi) is 9.48. The molecule has 1 unspecified atom stereocenters. The summed E-state index contributed by atoms with van der Waals surface area (Å²) in [6.07, 6.45) is 4.69. The van der Waals surface area contributed by atoms with Gasteiger partial charge in [0.25, 0.3) is 0 Å². The van der Waals surface area contributed by atoms with E-state index in [0.29, 0.717) is 13.2 Å². The number of fused-ring (bicyclic) bond motifs is 1. The van der Waals surface area contributed by atoms with Gasteiger partial charge in [-0.15, -0.1) is 0 Å². The summed E-state index contributed by atoms with van der Waals surface area (Å²) < 4.78 is 23.8. The van der Waals surface area contributed by atoms with Gasteiger partial charge in [-0.3, -0.25) is 4.79 Å². The molecule has 1 aliphatic rings. The summed E-state index contributed by atoms with van der Waals surface area (Å²) in [7, 11) is 1.41. The van der Waals surface area contributed by atoms with Crippen LogP contribution in [0.2, 0.25) is 0 Å². The number of ether oxygens (including phenoxy) is 4. The highest BCUT2D eigenvalue weighted by Gasteiger charge is 2.30. The van der Waals surface area contributed by atoms with Gasteiger partial charge in [-0.05, 0) is 86.1 Å². The van der Waals surface area contributed by atoms with Crippen molar-refractivity contribution in [3.8, 4) is 17.2 Å². The molecule has 0 saturated carbocycles. The second kappa shape index (κ2) is 13.6. The summed E-state index contributed by atoms with van der Waals surface area (Å²) in [5.41, 5.74) is 5.01. The summed E-state index contributed by atoms with van der Waals surface area (Å²) in [5.74, 6) is 2.40. The van der Waals surface area contributed by atoms with Crippen molar-refractivity contribution in [2.24, 2.45) is 0 Å². The van der Waals surface area contributed by atoms with Crippen molar-refractivity contribution in [2.75, 3.05) is 13.7 Å². The third kappa shape index (κ3) is 7.33. The molecule has 5 nitrogen and oxygen atoms in total. The van der Waals surface area contributed by atoms with Crippen LogP contribution in [0.3, 0.4) is 0 Å². The van der Waals surface area contributed by atoms with Crippen LogP contribution in [0.5, 0.6) is 17.2 Å². The van der Waals surface area contributed by atoms with Crippen LogP contribution in [0.4, 0.5) is 0 Å². The van der Waals surface area contributed by atoms with E-state index in [-0.39, 0.29) is 12.1 Å². The van der Waals surface area contributed by atoms with Crippen LogP contribution in [0, 0.1) is 0 Å². The highest BCUT2D eigenvalue weighted by atomic mass is 16.5. The van der Waals surface area contributed by atoms with Crippen molar-refractivity contribution >= 4 is 5.97 Å². The molecule has 1 heterocycles. The first-order chi connectivity index (χ1) is 20.4. The average molecular weight is 565 g/mol. The lowest BCUT2D eigenvalue weighted by Gasteiger charge is -2.22. The van der Waals surface area contributed by atoms with E-state index in [2.05, 4.69) is 54.6 Å². The van der Waals surface area contributed by atoms with Gasteiger partial charge < -0.3 is 18.9 Å². The molecule has 0 spiro atoms. The number of carbonyl (C=O) groups is 1. The molecule has 0 radical (unpaired) electrons. The van der Waals surface area contributed by atoms with E-state index in [1.165, 1.54) is 18.2 Å². The van der Waals surface area contributed by atoms with E-state index in [9.17, 15) is 4.79 Å². The Morgan fingerprint density at radius 2 is 1.55 bits per heavy atom. The number of benzene rings is 4. The fourth-order valence-electron chi connectivity index (χ4n) is 5.37. The number of methoxy groups -OCH3 is 1. The van der Waals surface area contributed by atoms with Crippen LogP contribution < -0.4 is 14.2 Å². The molecule has 5 heteroatoms. The number of rotatable bonds is 13. The van der Waals surface area contributed by atoms with Gasteiger partial charge in [0.1, 0.15) is 30.0 Å². The van der Waals surface area contributed by atoms with Gasteiger partial charge >= 0.3 is 5.97 Å². The van der Waals surface area contributed by atoms with Gasteiger partial charge in [0.2, 0.25) is 0 Å². The number of aryl methyl sites for hydroxylation is 2. The molecule has 5 rings (SSSR count). The van der Waals surface area contributed by atoms with Gasteiger partial charge in [-0.25, -0.2) is 0 Å². The van der Waals surface area contributed by atoms with Gasteiger partial charge in [0.05, 0.1) is 19.1 Å². The van der Waals surface area contributed by atoms with Crippen molar-refractivity contribution in [1.82, 2.24) is 0 Å². The van der Waals surface area contributed by atoms with E-state index < -0.39 is 5.41 Å². The molecule has 0 saturated heterocycles. The Hall–Kier alpha value is -4.25. The van der Waals surface area contributed by atoms with Crippen LogP contribution >= 0.6 is 0 Å². The zero-order valence-corrected chi connectivity index (χ0v) is 24.8. The van der Waals surface area contributed by atoms with E-state index in [4.69, 9.17) is 18.9 Å². The third-order valence-corrected chi connectivity index (χ3v) is 7.95. The van der Waals surface area contributed by atoms with E-state index in [1.54, 1.807) is 0 Å². The van der Waals surface area contributed by atoms with E-state index in [1.807, 2.05) is 56.3 Å². The standard InChI is InChI=1S/C37H40O5/c1-37(2,36(38)39-3)31-17-20-32(21-18-31)40-22-10-15-29-24-35-30(25-34(29)41-26-28-13-8-5-9-14-28)23-33(42-35)19-16-27-11-6-4-7-12-27/h4-9,11-14,17-18,20-21,24-25,33H,10,15-16,19,22-23,26H2,1-3H3. The zero-order chi connectivity index (χ0) is 29.4. The molecule has 0 bridgehead atoms. The van der Waals surface area contributed by atoms with Crippen LogP contribution in [-0.2, 0) is 40.8 Å². The monoisotopic (exact) mass is 564 g/mol. The molecule has 0 aliphatic carbocycles. The molecular formula is C37H40O5. The van der Waals surface area contributed by atoms with Gasteiger partial charge in [0, 0.05) is 12.0 Å². The first kappa shape index (κ1) is 29.2. The third-order valence-electron chi connectivity index (χ3n) is 7.95. The van der Waals surface area contributed by atoms with Crippen LogP contribution in [0.15, 0.2) is 97.1 Å². The summed E-state index contributed by atoms with van der Waals surface area (Å²) in [6, 6.07) is 32.9. The molecule has 0 amide bonds. The van der Waals surface area contributed by atoms with Crippen LogP contribution in [0.25, 0.3) is 0 Å². The largest absolute Gasteiger partial charge is 0.494 e. The fourth-order valence-corrected chi connectivity index (χ4v) is 5.37. The Labute approximate surface area is 249 Å². The lowest BCUT2D eigenvalue weighted by atomic mass is 9.85. The number of carbonyl (C=O) groups excluding carboxylic acids is 1. The van der Waals surface area contributed by atoms with Crippen LogP contribution in [-0.4, -0.2) is 25.8 Å². The van der Waals surface area contributed by atoms with Gasteiger partial charge in [0.15, 0.2) is 0 Å². The lowest BCUT2D eigenvalue weighted by molar-refractivity contribution is -0.146. The number of hydrogen-bond donors (Lipinski definition) is 0. The predicted octanol–water partition coefficient (Wildman–Crippen LogP) is 7.66. The highest BCUT2D eigenvalue weighted by Crippen LogP contribution is 2.37. The highest BCUT2D eigenvalue weighted by molar-refractivity contribution is 5.82. The topological polar surface area (TPSA) is 54.0 Å². The normalized spacial score (nSPS) is 14.1. The summed E-state index contributed by atoms with van der Waals surface area (Å²) in [5, 5.41) is 0. The van der Waals surface area contributed by atoms with Crippen molar-refractivity contribution in [2.45, 2.75) is 64.1 Å². The fraction of sp³-hybridized carbons (Fsp3) is 0.324. The quantitative estimate of drug-likeness (QED) is 0.123. The maximum Gasteiger partial charge on any atom is 0.315 e. The molecule has 0 aromatic heterocycles. The van der Waals surface area contributed by atoms with Gasteiger partial charge in [-0.2, -0.15) is 0 Å². The van der Waals surface area contributed by atoms with Crippen molar-refractivity contribution in [1.29, 1.82) is 0 Å². The molecule has 4 aromatic carbocycles. The zero-order valence-electron chi connectivity index (χ0n) is 24.8. The Balaban J connectivity index is 1.21. The second-order valence-corrected chi connectivity index (χ2v) is 11.4. The minimum atomic E-state index is -0.709. The minimum Gasteiger partial charge on any atom is -0.494 e. The van der Waals surface area contributed by atoms with Gasteiger partial charge in [-0.1, -0.05) is 72.8 Å². The molecular weight excluding hydrogens is 524 g/mol. The Morgan fingerprint density at radius 1 is 0.857 bits per heavy atom. The summed E-state index contributed by atoms with van der Waals surface area (Å²) in [4.78, 5) is 12.1. The van der Waals surface area contributed by atoms with Crippen molar-refractivity contribution in [3.63, 3.8) is 0 Å². The molecule has 4 aromatic rings. The molecule has 0 fully saturated rings. The second-order valence-electron chi connectivity index (χ2n) is 11.4. The SMILES string of the molecule is COC(=O)C(C)(C)c1ccc(OCCCc2cc3c(cc2OCc2ccccc2)CC(CCc2ccccc2)O3)cc1. The average Bonchev–Trinajstić information content (AvgIpc) is 3.43. The molecule has 42 heavy (non-hydrogen) atoms. The predicted molar refractivity (Wildman–Crippen MR) is 165 cm³/mol. The van der Waals surface area contributed by atoms with Crippen molar-refractivity contribution < 1.29 is 23.7 Å². The van der Waals surface area contributed by atoms with E-state index >= 15 is 0 Å². The number of esters is 1. The molecule has 0 N–H and O–H groups in total. The number of hydrogen-bond acceptors (Lipinski definition) is 5. The minimum absolute atomic E-state index is 0.174. The molecule has 1 aliphatic heterocycles. The maximum absolute atomic E-state index is 12.1. The lowest BCUT2D eigenvalue weighted by Crippen LogP contribution is -2.30. The summed E-state index contributed by atoms with van der Waals surface area (Å²) in [6.45, 7) is 4.81. The first-order valence-corrected chi connectivity index (χ1v) is 14.8. The summed E-state index contributed by atoms with van der Waals surface area (Å²) >= 11 is 0. The maximum atomic E-state index is 12.1. The Bertz CT molecular complexity index is 1450. The molecule has 1 atom stereocenters.